The first-order valence-corrected chi connectivity index (χ1v) is 9.45. The first-order valence-electron chi connectivity index (χ1n) is 9.07. The average molecular weight is 394 g/mol. The summed E-state index contributed by atoms with van der Waals surface area (Å²) in [7, 11) is 0. The molecule has 1 aromatic rings. The second-order valence-corrected chi connectivity index (χ2v) is 7.52. The minimum absolute atomic E-state index is 0.0508. The van der Waals surface area contributed by atoms with Crippen molar-refractivity contribution in [3.8, 4) is 5.75 Å². The van der Waals surface area contributed by atoms with Gasteiger partial charge in [-0.25, -0.2) is 0 Å². The van der Waals surface area contributed by atoms with Gasteiger partial charge in [-0.05, 0) is 25.0 Å². The largest absolute Gasteiger partial charge is 0.467 e. The van der Waals surface area contributed by atoms with Crippen molar-refractivity contribution in [2.75, 3.05) is 13.3 Å². The van der Waals surface area contributed by atoms with E-state index in [4.69, 9.17) is 25.8 Å². The number of hydrogen-bond donors (Lipinski definition) is 0. The number of hydrogen-bond acceptors (Lipinski definition) is 6. The van der Waals surface area contributed by atoms with E-state index in [1.807, 2.05) is 0 Å². The lowest BCUT2D eigenvalue weighted by Gasteiger charge is -2.21. The molecule has 7 nitrogen and oxygen atoms in total. The van der Waals surface area contributed by atoms with Crippen molar-refractivity contribution in [2.24, 2.45) is 11.8 Å². The monoisotopic (exact) mass is 393 g/mol. The van der Waals surface area contributed by atoms with Crippen LogP contribution in [0.2, 0.25) is 5.02 Å². The smallest absolute Gasteiger partial charge is 0.326 e. The van der Waals surface area contributed by atoms with Gasteiger partial charge >= 0.3 is 5.97 Å². The third kappa shape index (κ3) is 3.53. The van der Waals surface area contributed by atoms with Gasteiger partial charge < -0.3 is 14.2 Å². The lowest BCUT2D eigenvalue weighted by molar-refractivity contribution is -0.153. The van der Waals surface area contributed by atoms with Crippen LogP contribution in [0.15, 0.2) is 12.1 Å². The molecule has 2 aliphatic heterocycles. The van der Waals surface area contributed by atoms with Crippen molar-refractivity contribution in [2.45, 2.75) is 38.9 Å². The van der Waals surface area contributed by atoms with Crippen molar-refractivity contribution >= 4 is 29.4 Å². The molecule has 0 radical (unpaired) electrons. The van der Waals surface area contributed by atoms with E-state index in [2.05, 4.69) is 0 Å². The molecule has 0 bridgehead atoms. The number of likely N-dealkylation sites (tertiary alicyclic amines) is 1. The Kier molecular flexibility index (Phi) is 5.06. The zero-order chi connectivity index (χ0) is 19.0. The molecule has 2 fully saturated rings. The van der Waals surface area contributed by atoms with E-state index < -0.39 is 5.97 Å². The summed E-state index contributed by atoms with van der Waals surface area (Å²) in [5.74, 6) is -1.07. The molecule has 0 spiro atoms. The summed E-state index contributed by atoms with van der Waals surface area (Å²) in [5.41, 5.74) is 1.41. The molecule has 144 valence electrons. The molecule has 2 heterocycles. The molecule has 1 saturated heterocycles. The first kappa shape index (κ1) is 18.3. The molecule has 27 heavy (non-hydrogen) atoms. The SMILES string of the molecule is O=C(CN1C(=O)[C@H]2CCCC[C@H]2C1=O)OCc1cc(Cl)cc2c1OCOC2. The van der Waals surface area contributed by atoms with Crippen LogP contribution in [0.4, 0.5) is 0 Å². The second kappa shape index (κ2) is 7.48. The predicted molar refractivity (Wildman–Crippen MR) is 93.7 cm³/mol. The third-order valence-corrected chi connectivity index (χ3v) is 5.58. The number of imide groups is 1. The highest BCUT2D eigenvalue weighted by molar-refractivity contribution is 6.30. The first-order chi connectivity index (χ1) is 13.0. The number of halogens is 1. The standard InChI is InChI=1S/C19H20ClNO6/c20-13-5-11-8-25-10-27-17(11)12(6-13)9-26-16(22)7-21-18(23)14-3-1-2-4-15(14)19(21)24/h5-6,14-15H,1-4,7-10H2/t14-,15+. The molecule has 2 amide bonds. The highest BCUT2D eigenvalue weighted by atomic mass is 35.5. The molecule has 0 unspecified atom stereocenters. The number of ether oxygens (including phenoxy) is 3. The summed E-state index contributed by atoms with van der Waals surface area (Å²) < 4.78 is 16.0. The molecule has 4 rings (SSSR count). The van der Waals surface area contributed by atoms with Crippen LogP contribution in [0.25, 0.3) is 0 Å². The molecular weight excluding hydrogens is 374 g/mol. The Hall–Kier alpha value is -2.12. The van der Waals surface area contributed by atoms with Gasteiger partial charge in [0.2, 0.25) is 11.8 Å². The minimum Gasteiger partial charge on any atom is -0.467 e. The molecule has 0 N–H and O–H groups in total. The van der Waals surface area contributed by atoms with Gasteiger partial charge in [0.15, 0.2) is 6.79 Å². The van der Waals surface area contributed by atoms with E-state index in [1.165, 1.54) is 0 Å². The zero-order valence-corrected chi connectivity index (χ0v) is 15.5. The van der Waals surface area contributed by atoms with E-state index in [0.29, 0.717) is 22.9 Å². The molecule has 0 aromatic heterocycles. The Morgan fingerprint density at radius 3 is 2.59 bits per heavy atom. The summed E-state index contributed by atoms with van der Waals surface area (Å²) in [6, 6.07) is 3.41. The van der Waals surface area contributed by atoms with Crippen molar-refractivity contribution < 1.29 is 28.6 Å². The fourth-order valence-electron chi connectivity index (χ4n) is 4.08. The van der Waals surface area contributed by atoms with Gasteiger partial charge in [-0.15, -0.1) is 0 Å². The van der Waals surface area contributed by atoms with Gasteiger partial charge in [0.05, 0.1) is 18.4 Å². The van der Waals surface area contributed by atoms with Crippen LogP contribution in [0.5, 0.6) is 5.75 Å². The molecular formula is C19H20ClNO6. The van der Waals surface area contributed by atoms with Crippen LogP contribution in [-0.2, 0) is 37.1 Å². The number of carbonyl (C=O) groups is 3. The Labute approximate surface area is 161 Å². The van der Waals surface area contributed by atoms with E-state index >= 15 is 0 Å². The highest BCUT2D eigenvalue weighted by Crippen LogP contribution is 2.38. The zero-order valence-electron chi connectivity index (χ0n) is 14.7. The van der Waals surface area contributed by atoms with E-state index in [1.54, 1.807) is 12.1 Å². The maximum atomic E-state index is 12.4. The van der Waals surface area contributed by atoms with Crippen molar-refractivity contribution in [3.63, 3.8) is 0 Å². The lowest BCUT2D eigenvalue weighted by atomic mass is 9.81. The number of esters is 1. The van der Waals surface area contributed by atoms with Gasteiger partial charge in [-0.3, -0.25) is 19.3 Å². The lowest BCUT2D eigenvalue weighted by Crippen LogP contribution is -2.36. The summed E-state index contributed by atoms with van der Waals surface area (Å²) in [6.07, 6.45) is 3.33. The molecule has 1 aliphatic carbocycles. The molecule has 8 heteroatoms. The number of fused-ring (bicyclic) bond motifs is 2. The summed E-state index contributed by atoms with van der Waals surface area (Å²) in [5, 5.41) is 0.489. The Bertz CT molecular complexity index is 771. The van der Waals surface area contributed by atoms with Crippen molar-refractivity contribution in [1.29, 1.82) is 0 Å². The topological polar surface area (TPSA) is 82.1 Å². The summed E-state index contributed by atoms with van der Waals surface area (Å²) in [4.78, 5) is 38.2. The molecule has 1 aromatic carbocycles. The van der Waals surface area contributed by atoms with Gasteiger partial charge in [0.1, 0.15) is 18.9 Å². The van der Waals surface area contributed by atoms with E-state index in [9.17, 15) is 14.4 Å². The van der Waals surface area contributed by atoms with E-state index in [0.717, 1.165) is 36.1 Å². The number of benzene rings is 1. The van der Waals surface area contributed by atoms with Crippen LogP contribution < -0.4 is 4.74 Å². The van der Waals surface area contributed by atoms with Crippen LogP contribution in [0.3, 0.4) is 0 Å². The quantitative estimate of drug-likeness (QED) is 0.577. The molecule has 3 aliphatic rings. The van der Waals surface area contributed by atoms with Crippen LogP contribution in [-0.4, -0.2) is 36.0 Å². The maximum absolute atomic E-state index is 12.4. The van der Waals surface area contributed by atoms with Crippen LogP contribution in [0, 0.1) is 11.8 Å². The number of carbonyl (C=O) groups excluding carboxylic acids is 3. The number of amides is 2. The van der Waals surface area contributed by atoms with Crippen molar-refractivity contribution in [1.82, 2.24) is 4.90 Å². The van der Waals surface area contributed by atoms with Crippen molar-refractivity contribution in [3.05, 3.63) is 28.3 Å². The molecule has 1 saturated carbocycles. The van der Waals surface area contributed by atoms with Gasteiger partial charge in [-0.2, -0.15) is 0 Å². The third-order valence-electron chi connectivity index (χ3n) is 5.36. The summed E-state index contributed by atoms with van der Waals surface area (Å²) in [6.45, 7) is 0.0910. The molecule has 2 atom stereocenters. The average Bonchev–Trinajstić information content (AvgIpc) is 2.91. The Morgan fingerprint density at radius 2 is 1.89 bits per heavy atom. The van der Waals surface area contributed by atoms with Crippen LogP contribution >= 0.6 is 11.6 Å². The van der Waals surface area contributed by atoms with Gasteiger partial charge in [0.25, 0.3) is 0 Å². The fraction of sp³-hybridized carbons (Fsp3) is 0.526. The van der Waals surface area contributed by atoms with Gasteiger partial charge in [-0.1, -0.05) is 24.4 Å². The Balaban J connectivity index is 1.40. The predicted octanol–water partition coefficient (Wildman–Crippen LogP) is 2.42. The summed E-state index contributed by atoms with van der Waals surface area (Å²) >= 11 is 6.09. The maximum Gasteiger partial charge on any atom is 0.326 e. The number of rotatable bonds is 4. The highest BCUT2D eigenvalue weighted by Gasteiger charge is 2.48. The normalized spacial score (nSPS) is 24.3. The van der Waals surface area contributed by atoms with Crippen LogP contribution in [0.1, 0.15) is 36.8 Å². The van der Waals surface area contributed by atoms with E-state index in [-0.39, 0.29) is 43.6 Å². The van der Waals surface area contributed by atoms with Gasteiger partial charge in [0, 0.05) is 16.1 Å². The second-order valence-electron chi connectivity index (χ2n) is 7.08. The number of nitrogens with zero attached hydrogens (tertiary/aromatic N) is 1. The fourth-order valence-corrected chi connectivity index (χ4v) is 4.35. The minimum atomic E-state index is -0.629. The Morgan fingerprint density at radius 1 is 1.19 bits per heavy atom.